The molecule has 0 aliphatic heterocycles. The number of carbonyl (C=O) groups is 1. The van der Waals surface area contributed by atoms with Gasteiger partial charge in [0.25, 0.3) is 5.91 Å². The van der Waals surface area contributed by atoms with Crippen LogP contribution in [-0.2, 0) is 4.74 Å². The van der Waals surface area contributed by atoms with Crippen molar-refractivity contribution in [3.63, 3.8) is 0 Å². The fraction of sp³-hybridized carbons (Fsp3) is 0.667. The minimum absolute atomic E-state index is 0.0284. The van der Waals surface area contributed by atoms with Gasteiger partial charge in [-0.15, -0.1) is 0 Å². The second-order valence-electron chi connectivity index (χ2n) is 9.87. The van der Waals surface area contributed by atoms with Gasteiger partial charge < -0.3 is 10.1 Å². The molecule has 0 saturated heterocycles. The molecule has 4 aliphatic rings. The van der Waals surface area contributed by atoms with Crippen molar-refractivity contribution in [2.75, 3.05) is 13.2 Å². The number of nitrogens with one attached hydrogen (secondary N) is 1. The summed E-state index contributed by atoms with van der Waals surface area (Å²) in [4.78, 5) is 16.6. The standard InChI is InChI=1S/C21H28N4O2/c1-19-9-15-10-20(2,12-19)14-21(11-15,13-19)27-7-5-23-18(26)16-8-17-22-4-3-6-25(17)24-16/h3-4,6,8,15H,5,7,9-14H2,1-2H3,(H,23,26)/t15?,19-,20-,21?/m1/s1. The van der Waals surface area contributed by atoms with Gasteiger partial charge in [-0.05, 0) is 61.3 Å². The molecule has 4 bridgehead atoms. The number of hydrogen-bond acceptors (Lipinski definition) is 4. The van der Waals surface area contributed by atoms with Crippen LogP contribution < -0.4 is 5.32 Å². The van der Waals surface area contributed by atoms with Crippen LogP contribution in [0.1, 0.15) is 62.9 Å². The number of rotatable bonds is 5. The summed E-state index contributed by atoms with van der Waals surface area (Å²) < 4.78 is 8.08. The third kappa shape index (κ3) is 3.04. The lowest BCUT2D eigenvalue weighted by Crippen LogP contribution is -2.59. The molecule has 2 aromatic heterocycles. The minimum atomic E-state index is -0.173. The molecular formula is C21H28N4O2. The molecule has 1 amide bonds. The van der Waals surface area contributed by atoms with Gasteiger partial charge in [0.15, 0.2) is 11.3 Å². The average molecular weight is 368 g/mol. The second kappa shape index (κ2) is 5.77. The summed E-state index contributed by atoms with van der Waals surface area (Å²) in [5, 5.41) is 7.21. The Labute approximate surface area is 159 Å². The van der Waals surface area contributed by atoms with Crippen molar-refractivity contribution in [1.82, 2.24) is 19.9 Å². The van der Waals surface area contributed by atoms with Crippen molar-refractivity contribution in [1.29, 1.82) is 0 Å². The highest BCUT2D eigenvalue weighted by molar-refractivity contribution is 5.93. The number of aromatic nitrogens is 3. The predicted octanol–water partition coefficient (Wildman–Crippen LogP) is 3.22. The maximum atomic E-state index is 12.4. The molecule has 2 heterocycles. The largest absolute Gasteiger partial charge is 0.373 e. The van der Waals surface area contributed by atoms with Crippen LogP contribution in [0.15, 0.2) is 24.5 Å². The minimum Gasteiger partial charge on any atom is -0.373 e. The highest BCUT2D eigenvalue weighted by atomic mass is 16.5. The topological polar surface area (TPSA) is 68.5 Å². The summed E-state index contributed by atoms with van der Waals surface area (Å²) in [6.07, 6.45) is 11.1. The lowest BCUT2D eigenvalue weighted by molar-refractivity contribution is -0.213. The maximum Gasteiger partial charge on any atom is 0.271 e. The van der Waals surface area contributed by atoms with Crippen LogP contribution in [0, 0.1) is 16.7 Å². The van der Waals surface area contributed by atoms with Crippen molar-refractivity contribution in [3.8, 4) is 0 Å². The summed E-state index contributed by atoms with van der Waals surface area (Å²) in [5.74, 6) is 0.643. The molecule has 4 aliphatic carbocycles. The van der Waals surface area contributed by atoms with Crippen molar-refractivity contribution in [3.05, 3.63) is 30.2 Å². The summed E-state index contributed by atoms with van der Waals surface area (Å²) in [5.41, 5.74) is 1.99. The van der Waals surface area contributed by atoms with Gasteiger partial charge in [0, 0.05) is 25.0 Å². The van der Waals surface area contributed by atoms with E-state index < -0.39 is 0 Å². The van der Waals surface area contributed by atoms with Gasteiger partial charge in [0.2, 0.25) is 0 Å². The van der Waals surface area contributed by atoms with E-state index in [1.807, 2.05) is 0 Å². The molecule has 4 saturated carbocycles. The van der Waals surface area contributed by atoms with E-state index in [0.717, 1.165) is 5.92 Å². The van der Waals surface area contributed by atoms with E-state index in [9.17, 15) is 4.79 Å². The number of amides is 1. The lowest BCUT2D eigenvalue weighted by Gasteiger charge is -2.65. The molecule has 0 unspecified atom stereocenters. The van der Waals surface area contributed by atoms with Crippen LogP contribution in [0.25, 0.3) is 5.65 Å². The Morgan fingerprint density at radius 3 is 2.74 bits per heavy atom. The lowest BCUT2D eigenvalue weighted by atomic mass is 9.43. The van der Waals surface area contributed by atoms with Crippen LogP contribution in [0.3, 0.4) is 0 Å². The van der Waals surface area contributed by atoms with Crippen molar-refractivity contribution >= 4 is 11.6 Å². The van der Waals surface area contributed by atoms with Gasteiger partial charge in [-0.2, -0.15) is 5.10 Å². The number of carbonyl (C=O) groups excluding carboxylic acids is 1. The number of nitrogens with zero attached hydrogens (tertiary/aromatic N) is 3. The van der Waals surface area contributed by atoms with Crippen LogP contribution in [0.2, 0.25) is 0 Å². The number of fused-ring (bicyclic) bond motifs is 1. The number of ether oxygens (including phenoxy) is 1. The third-order valence-electron chi connectivity index (χ3n) is 6.84. The zero-order chi connectivity index (χ0) is 18.7. The quantitative estimate of drug-likeness (QED) is 0.823. The third-order valence-corrected chi connectivity index (χ3v) is 6.84. The molecule has 144 valence electrons. The van der Waals surface area contributed by atoms with Crippen molar-refractivity contribution < 1.29 is 9.53 Å². The Balaban J connectivity index is 1.19. The van der Waals surface area contributed by atoms with E-state index in [2.05, 4.69) is 29.2 Å². The maximum absolute atomic E-state index is 12.4. The molecule has 6 rings (SSSR count). The monoisotopic (exact) mass is 368 g/mol. The van der Waals surface area contributed by atoms with E-state index in [-0.39, 0.29) is 11.5 Å². The van der Waals surface area contributed by atoms with Gasteiger partial charge in [-0.1, -0.05) is 13.8 Å². The summed E-state index contributed by atoms with van der Waals surface area (Å²) in [6.45, 7) is 5.98. The van der Waals surface area contributed by atoms with Gasteiger partial charge in [-0.3, -0.25) is 4.79 Å². The Hall–Kier alpha value is -1.95. The van der Waals surface area contributed by atoms with Crippen molar-refractivity contribution in [2.24, 2.45) is 16.7 Å². The molecule has 6 nitrogen and oxygen atoms in total. The zero-order valence-electron chi connectivity index (χ0n) is 16.2. The molecule has 27 heavy (non-hydrogen) atoms. The molecule has 0 aromatic carbocycles. The Morgan fingerprint density at radius 1 is 1.26 bits per heavy atom. The van der Waals surface area contributed by atoms with Gasteiger partial charge in [0.05, 0.1) is 12.2 Å². The van der Waals surface area contributed by atoms with Crippen LogP contribution in [0.4, 0.5) is 0 Å². The van der Waals surface area contributed by atoms with E-state index >= 15 is 0 Å². The summed E-state index contributed by atoms with van der Waals surface area (Å²) in [7, 11) is 0. The fourth-order valence-electron chi connectivity index (χ4n) is 6.97. The fourth-order valence-corrected chi connectivity index (χ4v) is 6.97. The molecular weight excluding hydrogens is 340 g/mol. The highest BCUT2D eigenvalue weighted by Crippen LogP contribution is 2.67. The van der Waals surface area contributed by atoms with Gasteiger partial charge >= 0.3 is 0 Å². The van der Waals surface area contributed by atoms with Gasteiger partial charge in [0.1, 0.15) is 0 Å². The first-order valence-electron chi connectivity index (χ1n) is 10.1. The van der Waals surface area contributed by atoms with E-state index in [0.29, 0.717) is 35.3 Å². The molecule has 1 N–H and O–H groups in total. The molecule has 2 atom stereocenters. The first kappa shape index (κ1) is 17.2. The SMILES string of the molecule is C[C@]12CC3CC(OCCNC(=O)c4cc5ncccn5n4)(C1)C[C@](C)(C3)C2. The van der Waals surface area contributed by atoms with Crippen LogP contribution in [-0.4, -0.2) is 39.3 Å². The Kier molecular flexibility index (Phi) is 3.67. The van der Waals surface area contributed by atoms with Crippen LogP contribution >= 0.6 is 0 Å². The smallest absolute Gasteiger partial charge is 0.271 e. The molecule has 6 heteroatoms. The Bertz CT molecular complexity index is 840. The second-order valence-corrected chi connectivity index (χ2v) is 9.87. The first-order chi connectivity index (χ1) is 12.9. The average Bonchev–Trinajstić information content (AvgIpc) is 2.99. The van der Waals surface area contributed by atoms with Crippen molar-refractivity contribution in [2.45, 2.75) is 58.0 Å². The zero-order valence-corrected chi connectivity index (χ0v) is 16.2. The summed E-state index contributed by atoms with van der Waals surface area (Å²) in [6, 6.07) is 3.50. The number of hydrogen-bond donors (Lipinski definition) is 1. The molecule has 0 spiro atoms. The molecule has 0 radical (unpaired) electrons. The predicted molar refractivity (Wildman–Crippen MR) is 101 cm³/mol. The van der Waals surface area contributed by atoms with Gasteiger partial charge in [-0.25, -0.2) is 9.50 Å². The van der Waals surface area contributed by atoms with E-state index in [4.69, 9.17) is 4.74 Å². The normalized spacial score (nSPS) is 37.0. The summed E-state index contributed by atoms with van der Waals surface area (Å²) >= 11 is 0. The van der Waals surface area contributed by atoms with E-state index in [1.165, 1.54) is 38.5 Å². The molecule has 4 fully saturated rings. The van der Waals surface area contributed by atoms with E-state index in [1.54, 1.807) is 29.0 Å². The molecule has 2 aromatic rings. The first-order valence-corrected chi connectivity index (χ1v) is 10.1. The van der Waals surface area contributed by atoms with Crippen LogP contribution in [0.5, 0.6) is 0 Å². The Morgan fingerprint density at radius 2 is 2.04 bits per heavy atom. The highest BCUT2D eigenvalue weighted by Gasteiger charge is 2.60.